The zero-order chi connectivity index (χ0) is 23.1. The summed E-state index contributed by atoms with van der Waals surface area (Å²) in [5, 5.41) is 24.1. The number of fused-ring (bicyclic) bond motifs is 2. The molecule has 2 aliphatic rings. The Labute approximate surface area is 195 Å². The molecule has 170 valence electrons. The second-order valence-corrected chi connectivity index (χ2v) is 8.93. The summed E-state index contributed by atoms with van der Waals surface area (Å²) in [4.78, 5) is 15.3. The SMILES string of the molecule is Cc1cc(F)c(Nc2cc(Nc3cc(N4CC5CC4CC5O)ncn3)ncc2C=N)c(Cl)c1. The van der Waals surface area contributed by atoms with E-state index in [1.54, 1.807) is 19.1 Å². The fourth-order valence-corrected chi connectivity index (χ4v) is 4.93. The standard InChI is InChI=1S/C23H23ClFN7O/c1-12-2-16(24)23(17(25)3-12)30-18-6-20(27-9-14(18)8-26)31-21-7-22(29-11-28-21)32-10-13-4-15(32)5-19(13)33/h2-3,6-9,11,13,15,19,26,33H,4-5,10H2,1H3,(H2,27,28,29,30,31). The molecule has 10 heteroatoms. The lowest BCUT2D eigenvalue weighted by Gasteiger charge is -2.30. The third-order valence-electron chi connectivity index (χ3n) is 6.24. The maximum absolute atomic E-state index is 14.5. The van der Waals surface area contributed by atoms with Gasteiger partial charge in [-0.3, -0.25) is 0 Å². The number of nitrogens with zero attached hydrogens (tertiary/aromatic N) is 4. The number of nitrogens with one attached hydrogen (secondary N) is 3. The minimum absolute atomic E-state index is 0.137. The number of halogens is 2. The fraction of sp³-hybridized carbons (Fsp3) is 0.304. The number of rotatable bonds is 6. The normalized spacial score (nSPS) is 21.3. The van der Waals surface area contributed by atoms with Gasteiger partial charge in [0.2, 0.25) is 0 Å². The van der Waals surface area contributed by atoms with E-state index >= 15 is 0 Å². The molecule has 4 N–H and O–H groups in total. The summed E-state index contributed by atoms with van der Waals surface area (Å²) in [5.74, 6) is 1.64. The van der Waals surface area contributed by atoms with Crippen molar-refractivity contribution in [2.75, 3.05) is 22.1 Å². The van der Waals surface area contributed by atoms with Crippen LogP contribution in [0.15, 0.2) is 36.8 Å². The number of hydrogen-bond donors (Lipinski definition) is 4. The number of aromatic nitrogens is 3. The average molecular weight is 468 g/mol. The summed E-state index contributed by atoms with van der Waals surface area (Å²) >= 11 is 6.24. The second-order valence-electron chi connectivity index (χ2n) is 8.52. The van der Waals surface area contributed by atoms with E-state index in [1.165, 1.54) is 18.6 Å². The zero-order valence-electron chi connectivity index (χ0n) is 17.9. The average Bonchev–Trinajstić information content (AvgIpc) is 3.36. The Morgan fingerprint density at radius 2 is 1.97 bits per heavy atom. The van der Waals surface area contributed by atoms with E-state index in [4.69, 9.17) is 17.0 Å². The molecule has 2 bridgehead atoms. The molecule has 3 unspecified atom stereocenters. The number of pyridine rings is 1. The number of piperidine rings is 1. The summed E-state index contributed by atoms with van der Waals surface area (Å²) < 4.78 is 14.5. The largest absolute Gasteiger partial charge is 0.393 e. The summed E-state index contributed by atoms with van der Waals surface area (Å²) in [5.41, 5.74) is 1.81. The van der Waals surface area contributed by atoms with E-state index in [2.05, 4.69) is 30.5 Å². The molecule has 5 rings (SSSR count). The van der Waals surface area contributed by atoms with Gasteiger partial charge in [0.15, 0.2) is 0 Å². The van der Waals surface area contributed by atoms with Crippen LogP contribution in [0.4, 0.5) is 33.2 Å². The van der Waals surface area contributed by atoms with Gasteiger partial charge in [-0.15, -0.1) is 0 Å². The second kappa shape index (κ2) is 8.57. The minimum atomic E-state index is -0.479. The van der Waals surface area contributed by atoms with Crippen LogP contribution >= 0.6 is 11.6 Å². The van der Waals surface area contributed by atoms with Gasteiger partial charge in [0.25, 0.3) is 0 Å². The molecule has 2 fully saturated rings. The molecule has 8 nitrogen and oxygen atoms in total. The number of benzene rings is 1. The van der Waals surface area contributed by atoms with Crippen LogP contribution in [-0.2, 0) is 0 Å². The monoisotopic (exact) mass is 467 g/mol. The maximum Gasteiger partial charge on any atom is 0.148 e. The topological polar surface area (TPSA) is 110 Å². The van der Waals surface area contributed by atoms with Gasteiger partial charge in [-0.2, -0.15) is 0 Å². The van der Waals surface area contributed by atoms with Gasteiger partial charge in [-0.1, -0.05) is 11.6 Å². The first kappa shape index (κ1) is 21.5. The highest BCUT2D eigenvalue weighted by molar-refractivity contribution is 6.33. The van der Waals surface area contributed by atoms with E-state index in [0.717, 1.165) is 31.4 Å². The van der Waals surface area contributed by atoms with E-state index in [9.17, 15) is 9.50 Å². The van der Waals surface area contributed by atoms with Crippen molar-refractivity contribution in [2.45, 2.75) is 31.9 Å². The molecule has 33 heavy (non-hydrogen) atoms. The predicted octanol–water partition coefficient (Wildman–Crippen LogP) is 4.42. The molecule has 1 saturated carbocycles. The van der Waals surface area contributed by atoms with Crippen molar-refractivity contribution in [1.82, 2.24) is 15.0 Å². The first-order valence-corrected chi connectivity index (χ1v) is 11.1. The third-order valence-corrected chi connectivity index (χ3v) is 6.54. The molecule has 1 aliphatic carbocycles. The van der Waals surface area contributed by atoms with Crippen LogP contribution in [0.2, 0.25) is 5.02 Å². The van der Waals surface area contributed by atoms with E-state index in [1.807, 2.05) is 6.07 Å². The predicted molar refractivity (Wildman–Crippen MR) is 127 cm³/mol. The lowest BCUT2D eigenvalue weighted by atomic mass is 10.1. The van der Waals surface area contributed by atoms with E-state index in [-0.39, 0.29) is 16.8 Å². The van der Waals surface area contributed by atoms with Gasteiger partial charge in [0.1, 0.15) is 29.6 Å². The molecule has 3 atom stereocenters. The number of aliphatic hydroxyl groups excluding tert-OH is 1. The Bertz CT molecular complexity index is 1200. The Balaban J connectivity index is 1.38. The molecule has 3 aromatic rings. The summed E-state index contributed by atoms with van der Waals surface area (Å²) in [6.45, 7) is 2.55. The highest BCUT2D eigenvalue weighted by atomic mass is 35.5. The van der Waals surface area contributed by atoms with Crippen LogP contribution in [0.3, 0.4) is 0 Å². The van der Waals surface area contributed by atoms with Crippen LogP contribution < -0.4 is 15.5 Å². The maximum atomic E-state index is 14.5. The van der Waals surface area contributed by atoms with Crippen molar-refractivity contribution < 1.29 is 9.50 Å². The summed E-state index contributed by atoms with van der Waals surface area (Å²) in [6.07, 6.45) is 5.66. The molecule has 1 aliphatic heterocycles. The van der Waals surface area contributed by atoms with Crippen molar-refractivity contribution in [3.63, 3.8) is 0 Å². The third kappa shape index (κ3) is 4.21. The van der Waals surface area contributed by atoms with Crippen molar-refractivity contribution in [3.05, 3.63) is 58.8 Å². The fourth-order valence-electron chi connectivity index (χ4n) is 4.62. The number of aliphatic hydroxyl groups is 1. The molecule has 0 amide bonds. The Morgan fingerprint density at radius 1 is 1.15 bits per heavy atom. The van der Waals surface area contributed by atoms with Crippen LogP contribution in [0.5, 0.6) is 0 Å². The number of anilines is 5. The quantitative estimate of drug-likeness (QED) is 0.397. The molecule has 0 radical (unpaired) electrons. The lowest BCUT2D eigenvalue weighted by Crippen LogP contribution is -2.38. The minimum Gasteiger partial charge on any atom is -0.393 e. The Hall–Kier alpha value is -3.30. The summed E-state index contributed by atoms with van der Waals surface area (Å²) in [7, 11) is 0. The molecule has 2 aromatic heterocycles. The van der Waals surface area contributed by atoms with Gasteiger partial charge in [0, 0.05) is 48.6 Å². The summed E-state index contributed by atoms with van der Waals surface area (Å²) in [6, 6.07) is 6.88. The van der Waals surface area contributed by atoms with Crippen LogP contribution in [0, 0.1) is 24.1 Å². The van der Waals surface area contributed by atoms with Crippen molar-refractivity contribution >= 4 is 46.6 Å². The van der Waals surface area contributed by atoms with Crippen molar-refractivity contribution in [1.29, 1.82) is 5.41 Å². The molecular formula is C23H23ClFN7O. The molecule has 1 aromatic carbocycles. The van der Waals surface area contributed by atoms with E-state index in [0.29, 0.717) is 40.4 Å². The smallest absolute Gasteiger partial charge is 0.148 e. The molecule has 1 saturated heterocycles. The molecule has 0 spiro atoms. The number of aryl methyl sites for hydroxylation is 1. The van der Waals surface area contributed by atoms with Gasteiger partial charge < -0.3 is 26.0 Å². The highest BCUT2D eigenvalue weighted by Crippen LogP contribution is 2.40. The van der Waals surface area contributed by atoms with Crippen LogP contribution in [-0.4, -0.2) is 45.0 Å². The van der Waals surface area contributed by atoms with Crippen molar-refractivity contribution in [2.24, 2.45) is 5.92 Å². The Kier molecular flexibility index (Phi) is 5.59. The van der Waals surface area contributed by atoms with E-state index < -0.39 is 5.82 Å². The van der Waals surface area contributed by atoms with Gasteiger partial charge in [0.05, 0.1) is 22.5 Å². The van der Waals surface area contributed by atoms with Crippen LogP contribution in [0.25, 0.3) is 0 Å². The van der Waals surface area contributed by atoms with Crippen LogP contribution in [0.1, 0.15) is 24.0 Å². The molecular weight excluding hydrogens is 445 g/mol. The first-order chi connectivity index (χ1) is 15.9. The van der Waals surface area contributed by atoms with Gasteiger partial charge in [-0.25, -0.2) is 19.3 Å². The zero-order valence-corrected chi connectivity index (χ0v) is 18.6. The lowest BCUT2D eigenvalue weighted by molar-refractivity contribution is 0.127. The number of hydrogen-bond acceptors (Lipinski definition) is 8. The van der Waals surface area contributed by atoms with Gasteiger partial charge >= 0.3 is 0 Å². The first-order valence-electron chi connectivity index (χ1n) is 10.7. The highest BCUT2D eigenvalue weighted by Gasteiger charge is 2.44. The Morgan fingerprint density at radius 3 is 2.67 bits per heavy atom. The molecule has 3 heterocycles. The van der Waals surface area contributed by atoms with Crippen molar-refractivity contribution in [3.8, 4) is 0 Å². The van der Waals surface area contributed by atoms with Gasteiger partial charge in [-0.05, 0) is 37.5 Å².